The van der Waals surface area contributed by atoms with Crippen LogP contribution in [0.25, 0.3) is 0 Å². The van der Waals surface area contributed by atoms with E-state index in [1.165, 1.54) is 0 Å². The van der Waals surface area contributed by atoms with Crippen LogP contribution in [0.3, 0.4) is 0 Å². The summed E-state index contributed by atoms with van der Waals surface area (Å²) in [5, 5.41) is 15.3. The summed E-state index contributed by atoms with van der Waals surface area (Å²) in [6, 6.07) is 0. The van der Waals surface area contributed by atoms with Crippen molar-refractivity contribution in [3.63, 3.8) is 0 Å². The van der Waals surface area contributed by atoms with Crippen LogP contribution in [0.4, 0.5) is 0 Å². The van der Waals surface area contributed by atoms with Gasteiger partial charge in [-0.25, -0.2) is 0 Å². The Labute approximate surface area is 125 Å². The normalized spacial score (nSPS) is 22.1. The molecule has 0 radical (unpaired) electrons. The van der Waals surface area contributed by atoms with Gasteiger partial charge >= 0.3 is 0 Å². The number of hydrogen-bond acceptors (Lipinski definition) is 4. The van der Waals surface area contributed by atoms with E-state index in [1.54, 1.807) is 4.68 Å². The maximum absolute atomic E-state index is 10.4. The van der Waals surface area contributed by atoms with Crippen LogP contribution in [-0.4, -0.2) is 58.2 Å². The number of halogens is 1. The number of rotatable bonds is 5. The third kappa shape index (κ3) is 3.52. The number of morpholine rings is 1. The molecule has 0 amide bonds. The van der Waals surface area contributed by atoms with Gasteiger partial charge in [0.25, 0.3) is 0 Å². The first kappa shape index (κ1) is 15.8. The molecule has 0 aliphatic carbocycles. The maximum Gasteiger partial charge on any atom is 0.0964 e. The molecule has 1 aliphatic heterocycles. The summed E-state index contributed by atoms with van der Waals surface area (Å²) in [6.07, 6.45) is 0.889. The molecule has 2 unspecified atom stereocenters. The van der Waals surface area contributed by atoms with E-state index in [0.717, 1.165) is 37.4 Å². The van der Waals surface area contributed by atoms with Gasteiger partial charge in [0.1, 0.15) is 0 Å². The third-order valence-electron chi connectivity index (χ3n) is 3.81. The highest BCUT2D eigenvalue weighted by Gasteiger charge is 2.28. The van der Waals surface area contributed by atoms with Crippen molar-refractivity contribution in [2.45, 2.75) is 38.9 Å². The highest BCUT2D eigenvalue weighted by atomic mass is 35.5. The summed E-state index contributed by atoms with van der Waals surface area (Å²) in [6.45, 7) is 7.50. The summed E-state index contributed by atoms with van der Waals surface area (Å²) in [5.41, 5.74) is 1.67. The van der Waals surface area contributed by atoms with E-state index in [2.05, 4.69) is 16.9 Å². The zero-order valence-electron chi connectivity index (χ0n) is 12.5. The second-order valence-electron chi connectivity index (χ2n) is 5.45. The Kier molecular flexibility index (Phi) is 5.43. The number of aliphatic hydroxyl groups is 1. The van der Waals surface area contributed by atoms with Crippen LogP contribution >= 0.6 is 11.6 Å². The summed E-state index contributed by atoms with van der Waals surface area (Å²) < 4.78 is 7.45. The van der Waals surface area contributed by atoms with E-state index >= 15 is 0 Å². The minimum absolute atomic E-state index is 0.151. The minimum Gasteiger partial charge on any atom is -0.390 e. The Hall–Kier alpha value is -0.620. The van der Waals surface area contributed by atoms with Gasteiger partial charge in [0.15, 0.2) is 0 Å². The van der Waals surface area contributed by atoms with Crippen molar-refractivity contribution in [3.8, 4) is 0 Å². The van der Waals surface area contributed by atoms with Crippen LogP contribution in [0.15, 0.2) is 0 Å². The second-order valence-corrected chi connectivity index (χ2v) is 5.83. The predicted molar refractivity (Wildman–Crippen MR) is 79.1 cm³/mol. The molecule has 20 heavy (non-hydrogen) atoms. The quantitative estimate of drug-likeness (QED) is 0.893. The summed E-state index contributed by atoms with van der Waals surface area (Å²) in [4.78, 5) is 2.34. The van der Waals surface area contributed by atoms with Crippen molar-refractivity contribution < 1.29 is 9.84 Å². The van der Waals surface area contributed by atoms with Gasteiger partial charge in [0.2, 0.25) is 0 Å². The number of nitrogens with zero attached hydrogens (tertiary/aromatic N) is 3. The van der Waals surface area contributed by atoms with E-state index < -0.39 is 6.10 Å². The fourth-order valence-electron chi connectivity index (χ4n) is 2.72. The zero-order chi connectivity index (χ0) is 14.7. The molecule has 1 saturated heterocycles. The molecule has 0 saturated carbocycles. The fourth-order valence-corrected chi connectivity index (χ4v) is 2.95. The molecule has 1 aliphatic rings. The van der Waals surface area contributed by atoms with Crippen molar-refractivity contribution in [1.29, 1.82) is 0 Å². The molecular weight excluding hydrogens is 278 g/mol. The highest BCUT2D eigenvalue weighted by molar-refractivity contribution is 6.31. The Balaban J connectivity index is 1.98. The molecule has 2 heterocycles. The lowest BCUT2D eigenvalue weighted by Gasteiger charge is -2.35. The van der Waals surface area contributed by atoms with E-state index in [4.69, 9.17) is 16.3 Å². The molecule has 0 aromatic carbocycles. The first-order valence-electron chi connectivity index (χ1n) is 7.23. The molecule has 1 fully saturated rings. The minimum atomic E-state index is -0.554. The molecule has 5 nitrogen and oxygen atoms in total. The average Bonchev–Trinajstić information content (AvgIpc) is 2.66. The topological polar surface area (TPSA) is 50.5 Å². The maximum atomic E-state index is 10.4. The van der Waals surface area contributed by atoms with Crippen molar-refractivity contribution in [2.24, 2.45) is 7.05 Å². The molecule has 1 N–H and O–H groups in total. The van der Waals surface area contributed by atoms with Gasteiger partial charge in [-0.05, 0) is 19.9 Å². The first-order chi connectivity index (χ1) is 9.52. The highest BCUT2D eigenvalue weighted by Crippen LogP contribution is 2.22. The largest absolute Gasteiger partial charge is 0.390 e. The third-order valence-corrected chi connectivity index (χ3v) is 4.30. The molecular formula is C14H24ClN3O2. The van der Waals surface area contributed by atoms with Crippen molar-refractivity contribution in [1.82, 2.24) is 14.7 Å². The smallest absolute Gasteiger partial charge is 0.0964 e. The summed E-state index contributed by atoms with van der Waals surface area (Å²) >= 11 is 6.23. The van der Waals surface area contributed by atoms with E-state index in [-0.39, 0.29) is 6.10 Å². The van der Waals surface area contributed by atoms with Crippen LogP contribution in [0.5, 0.6) is 0 Å². The number of ether oxygens (including phenoxy) is 1. The van der Waals surface area contributed by atoms with E-state index in [0.29, 0.717) is 18.1 Å². The van der Waals surface area contributed by atoms with E-state index in [9.17, 15) is 5.11 Å². The number of aliphatic hydroxyl groups excluding tert-OH is 1. The van der Waals surface area contributed by atoms with Crippen LogP contribution in [0.2, 0.25) is 5.02 Å². The Morgan fingerprint density at radius 3 is 2.90 bits per heavy atom. The van der Waals surface area contributed by atoms with Crippen molar-refractivity contribution in [2.75, 3.05) is 26.2 Å². The SMILES string of the molecule is CCCN1CCOC(C(O)Cc2c(Cl)c(C)nn2C)C1. The Morgan fingerprint density at radius 1 is 1.55 bits per heavy atom. The monoisotopic (exact) mass is 301 g/mol. The van der Waals surface area contributed by atoms with Gasteiger partial charge in [0, 0.05) is 26.6 Å². The molecule has 0 bridgehead atoms. The first-order valence-corrected chi connectivity index (χ1v) is 7.60. The Morgan fingerprint density at radius 2 is 2.30 bits per heavy atom. The standard InChI is InChI=1S/C14H24ClN3O2/c1-4-5-18-6-7-20-13(9-18)12(19)8-11-14(15)10(2)16-17(11)3/h12-13,19H,4-9H2,1-3H3. The van der Waals surface area contributed by atoms with Gasteiger partial charge in [-0.2, -0.15) is 5.10 Å². The van der Waals surface area contributed by atoms with E-state index in [1.807, 2.05) is 14.0 Å². The number of hydrogen-bond donors (Lipinski definition) is 1. The van der Waals surface area contributed by atoms with Gasteiger partial charge < -0.3 is 9.84 Å². The number of aromatic nitrogens is 2. The lowest BCUT2D eigenvalue weighted by atomic mass is 10.1. The molecule has 114 valence electrons. The van der Waals surface area contributed by atoms with Crippen LogP contribution < -0.4 is 0 Å². The zero-order valence-corrected chi connectivity index (χ0v) is 13.2. The lowest BCUT2D eigenvalue weighted by molar-refractivity contribution is -0.0881. The fraction of sp³-hybridized carbons (Fsp3) is 0.786. The predicted octanol–water partition coefficient (Wildman–Crippen LogP) is 1.40. The Bertz CT molecular complexity index is 448. The molecule has 1 aromatic heterocycles. The average molecular weight is 302 g/mol. The van der Waals surface area contributed by atoms with Crippen LogP contribution in [0, 0.1) is 6.92 Å². The molecule has 2 atom stereocenters. The lowest BCUT2D eigenvalue weighted by Crippen LogP contribution is -2.48. The number of aryl methyl sites for hydroxylation is 2. The van der Waals surface area contributed by atoms with Crippen LogP contribution in [0.1, 0.15) is 24.7 Å². The second kappa shape index (κ2) is 6.89. The summed E-state index contributed by atoms with van der Waals surface area (Å²) in [7, 11) is 1.85. The van der Waals surface area contributed by atoms with Crippen molar-refractivity contribution in [3.05, 3.63) is 16.4 Å². The van der Waals surface area contributed by atoms with Gasteiger partial charge in [-0.15, -0.1) is 0 Å². The molecule has 0 spiro atoms. The summed E-state index contributed by atoms with van der Waals surface area (Å²) in [5.74, 6) is 0. The van der Waals surface area contributed by atoms with Crippen LogP contribution in [-0.2, 0) is 18.2 Å². The van der Waals surface area contributed by atoms with Gasteiger partial charge in [0.05, 0.1) is 35.2 Å². The van der Waals surface area contributed by atoms with Gasteiger partial charge in [-0.1, -0.05) is 18.5 Å². The van der Waals surface area contributed by atoms with Gasteiger partial charge in [-0.3, -0.25) is 9.58 Å². The molecule has 1 aromatic rings. The molecule has 6 heteroatoms. The van der Waals surface area contributed by atoms with Crippen molar-refractivity contribution >= 4 is 11.6 Å². The molecule has 2 rings (SSSR count).